The van der Waals surface area contributed by atoms with E-state index in [4.69, 9.17) is 0 Å². The van der Waals surface area contributed by atoms with Crippen LogP contribution in [0, 0.1) is 12.8 Å². The van der Waals surface area contributed by atoms with Gasteiger partial charge >= 0.3 is 0 Å². The van der Waals surface area contributed by atoms with Gasteiger partial charge in [0.05, 0.1) is 4.90 Å². The van der Waals surface area contributed by atoms with E-state index in [-0.39, 0.29) is 10.8 Å². The number of carbonyl (C=O) groups excluding carboxylic acids is 1. The number of carbonyl (C=O) groups is 1. The fourth-order valence-electron chi connectivity index (χ4n) is 2.46. The summed E-state index contributed by atoms with van der Waals surface area (Å²) in [7, 11) is -2.19. The number of benzene rings is 1. The number of nitrogens with one attached hydrogen (secondary N) is 2. The molecule has 0 saturated heterocycles. The zero-order valence-corrected chi connectivity index (χ0v) is 16.0. The summed E-state index contributed by atoms with van der Waals surface area (Å²) in [6, 6.07) is 4.59. The molecule has 0 aromatic heterocycles. The van der Waals surface area contributed by atoms with Crippen molar-refractivity contribution in [3.8, 4) is 0 Å². The maximum Gasteiger partial charge on any atom is 0.251 e. The van der Waals surface area contributed by atoms with Crippen LogP contribution in [0.5, 0.6) is 0 Å². The average Bonchev–Trinajstić information content (AvgIpc) is 2.53. The first-order valence-electron chi connectivity index (χ1n) is 8.60. The van der Waals surface area contributed by atoms with Crippen molar-refractivity contribution < 1.29 is 13.2 Å². The van der Waals surface area contributed by atoms with Gasteiger partial charge in [-0.3, -0.25) is 4.79 Å². The second-order valence-corrected chi connectivity index (χ2v) is 8.42. The Bertz CT molecular complexity index is 640. The minimum absolute atomic E-state index is 0.106. The molecule has 0 spiro atoms. The maximum absolute atomic E-state index is 12.3. The molecule has 1 aromatic carbocycles. The Morgan fingerprint density at radius 2 is 1.79 bits per heavy atom. The molecule has 1 aromatic rings. The molecule has 0 bridgehead atoms. The molecule has 1 amide bonds. The van der Waals surface area contributed by atoms with Crippen molar-refractivity contribution in [2.45, 2.75) is 57.8 Å². The van der Waals surface area contributed by atoms with Crippen LogP contribution in [0.4, 0.5) is 0 Å². The molecule has 0 fully saturated rings. The van der Waals surface area contributed by atoms with Crippen LogP contribution >= 0.6 is 0 Å². The van der Waals surface area contributed by atoms with E-state index in [2.05, 4.69) is 23.9 Å². The van der Waals surface area contributed by atoms with Crippen LogP contribution in [0.1, 0.15) is 61.9 Å². The Kier molecular flexibility index (Phi) is 8.42. The van der Waals surface area contributed by atoms with Crippen molar-refractivity contribution in [2.75, 3.05) is 13.6 Å². The molecular weight excluding hydrogens is 324 g/mol. The summed E-state index contributed by atoms with van der Waals surface area (Å²) in [5.41, 5.74) is 1.17. The summed E-state index contributed by atoms with van der Waals surface area (Å²) in [4.78, 5) is 12.4. The van der Waals surface area contributed by atoms with Gasteiger partial charge in [-0.25, -0.2) is 13.1 Å². The van der Waals surface area contributed by atoms with Crippen LogP contribution in [0.25, 0.3) is 0 Å². The molecule has 0 unspecified atom stereocenters. The molecule has 0 atom stereocenters. The van der Waals surface area contributed by atoms with Crippen LogP contribution in [0.15, 0.2) is 23.1 Å². The molecule has 6 heteroatoms. The SMILES string of the molecule is CNS(=O)(=O)c1ccc(C)c(C(=O)NCCCCCCC(C)C)c1. The van der Waals surface area contributed by atoms with E-state index in [1.165, 1.54) is 38.4 Å². The average molecular weight is 355 g/mol. The summed E-state index contributed by atoms with van der Waals surface area (Å²) in [5, 5.41) is 2.88. The second kappa shape index (κ2) is 9.79. The number of rotatable bonds is 10. The van der Waals surface area contributed by atoms with E-state index < -0.39 is 10.0 Å². The lowest BCUT2D eigenvalue weighted by Crippen LogP contribution is -2.26. The van der Waals surface area contributed by atoms with Gasteiger partial charge in [0.2, 0.25) is 10.0 Å². The molecule has 5 nitrogen and oxygen atoms in total. The summed E-state index contributed by atoms with van der Waals surface area (Å²) >= 11 is 0. The van der Waals surface area contributed by atoms with Crippen molar-refractivity contribution in [1.82, 2.24) is 10.0 Å². The third kappa shape index (κ3) is 6.61. The Hall–Kier alpha value is -1.40. The number of sulfonamides is 1. The quantitative estimate of drug-likeness (QED) is 0.633. The van der Waals surface area contributed by atoms with Gasteiger partial charge in [0, 0.05) is 12.1 Å². The van der Waals surface area contributed by atoms with Crippen molar-refractivity contribution in [2.24, 2.45) is 5.92 Å². The zero-order valence-electron chi connectivity index (χ0n) is 15.2. The first-order valence-corrected chi connectivity index (χ1v) is 10.1. The Morgan fingerprint density at radius 3 is 2.42 bits per heavy atom. The molecule has 24 heavy (non-hydrogen) atoms. The van der Waals surface area contributed by atoms with E-state index in [0.717, 1.165) is 24.3 Å². The van der Waals surface area contributed by atoms with E-state index in [0.29, 0.717) is 12.1 Å². The van der Waals surface area contributed by atoms with Crippen molar-refractivity contribution >= 4 is 15.9 Å². The third-order valence-corrected chi connectivity index (χ3v) is 5.44. The number of amides is 1. The summed E-state index contributed by atoms with van der Waals surface area (Å²) in [6.07, 6.45) is 5.70. The molecule has 0 aliphatic rings. The van der Waals surface area contributed by atoms with E-state index in [1.54, 1.807) is 13.0 Å². The van der Waals surface area contributed by atoms with Gasteiger partial charge in [-0.05, 0) is 44.0 Å². The monoisotopic (exact) mass is 354 g/mol. The normalized spacial score (nSPS) is 11.7. The first-order chi connectivity index (χ1) is 11.3. The summed E-state index contributed by atoms with van der Waals surface area (Å²) < 4.78 is 26.0. The number of unbranched alkanes of at least 4 members (excludes halogenated alkanes) is 3. The molecule has 0 aliphatic carbocycles. The van der Waals surface area contributed by atoms with Crippen molar-refractivity contribution in [3.63, 3.8) is 0 Å². The predicted octanol–water partition coefficient (Wildman–Crippen LogP) is 3.24. The highest BCUT2D eigenvalue weighted by molar-refractivity contribution is 7.89. The van der Waals surface area contributed by atoms with Crippen LogP contribution in [-0.2, 0) is 10.0 Å². The number of aryl methyl sites for hydroxylation is 1. The molecule has 0 radical (unpaired) electrons. The molecule has 136 valence electrons. The standard InChI is InChI=1S/C18H30N2O3S/c1-14(2)9-7-5-6-8-12-20-18(21)17-13-16(11-10-15(17)3)24(22,23)19-4/h10-11,13-14,19H,5-9,12H2,1-4H3,(H,20,21). The molecular formula is C18H30N2O3S. The zero-order chi connectivity index (χ0) is 18.2. The lowest BCUT2D eigenvalue weighted by molar-refractivity contribution is 0.0952. The Balaban J connectivity index is 2.52. The minimum atomic E-state index is -3.54. The van der Waals surface area contributed by atoms with Gasteiger partial charge < -0.3 is 5.32 Å². The van der Waals surface area contributed by atoms with E-state index in [1.807, 2.05) is 0 Å². The van der Waals surface area contributed by atoms with Crippen molar-refractivity contribution in [1.29, 1.82) is 0 Å². The molecule has 0 aliphatic heterocycles. The van der Waals surface area contributed by atoms with Crippen LogP contribution in [-0.4, -0.2) is 27.9 Å². The third-order valence-electron chi connectivity index (χ3n) is 4.03. The van der Waals surface area contributed by atoms with Crippen LogP contribution < -0.4 is 10.0 Å². The smallest absolute Gasteiger partial charge is 0.251 e. The highest BCUT2D eigenvalue weighted by Gasteiger charge is 2.16. The summed E-state index contributed by atoms with van der Waals surface area (Å²) in [5.74, 6) is 0.525. The lowest BCUT2D eigenvalue weighted by atomic mass is 10.0. The lowest BCUT2D eigenvalue weighted by Gasteiger charge is -2.10. The van der Waals surface area contributed by atoms with Gasteiger partial charge in [0.25, 0.3) is 5.91 Å². The van der Waals surface area contributed by atoms with Gasteiger partial charge in [0.1, 0.15) is 0 Å². The predicted molar refractivity (Wildman–Crippen MR) is 97.7 cm³/mol. The van der Waals surface area contributed by atoms with Gasteiger partial charge in [-0.1, -0.05) is 45.6 Å². The fourth-order valence-corrected chi connectivity index (χ4v) is 3.21. The summed E-state index contributed by atoms with van der Waals surface area (Å²) in [6.45, 7) is 6.87. The second-order valence-electron chi connectivity index (χ2n) is 6.54. The number of hydrogen-bond acceptors (Lipinski definition) is 3. The van der Waals surface area contributed by atoms with Crippen LogP contribution in [0.2, 0.25) is 0 Å². The van der Waals surface area contributed by atoms with Gasteiger partial charge in [0.15, 0.2) is 0 Å². The molecule has 1 rings (SSSR count). The minimum Gasteiger partial charge on any atom is -0.352 e. The molecule has 2 N–H and O–H groups in total. The Labute approximate surface area is 146 Å². The largest absolute Gasteiger partial charge is 0.352 e. The van der Waals surface area contributed by atoms with Gasteiger partial charge in [-0.2, -0.15) is 0 Å². The highest BCUT2D eigenvalue weighted by atomic mass is 32.2. The molecule has 0 saturated carbocycles. The van der Waals surface area contributed by atoms with Crippen LogP contribution in [0.3, 0.4) is 0 Å². The fraction of sp³-hybridized carbons (Fsp3) is 0.611. The van der Waals surface area contributed by atoms with Gasteiger partial charge in [-0.15, -0.1) is 0 Å². The van der Waals surface area contributed by atoms with E-state index >= 15 is 0 Å². The van der Waals surface area contributed by atoms with E-state index in [9.17, 15) is 13.2 Å². The van der Waals surface area contributed by atoms with Crippen molar-refractivity contribution in [3.05, 3.63) is 29.3 Å². The maximum atomic E-state index is 12.3. The first kappa shape index (κ1) is 20.6. The Morgan fingerprint density at radius 1 is 1.12 bits per heavy atom. The highest BCUT2D eigenvalue weighted by Crippen LogP contribution is 2.15. The topological polar surface area (TPSA) is 75.3 Å². The number of hydrogen-bond donors (Lipinski definition) is 2. The molecule has 0 heterocycles.